The predicted octanol–water partition coefficient (Wildman–Crippen LogP) is 1.51. The number of carbonyl (C=O) groups excluding carboxylic acids is 2. The van der Waals surface area contributed by atoms with Crippen LogP contribution in [0, 0.1) is 0 Å². The zero-order valence-electron chi connectivity index (χ0n) is 11.7. The molecule has 1 aliphatic carbocycles. The molecule has 6 heteroatoms. The van der Waals surface area contributed by atoms with Gasteiger partial charge in [0.2, 0.25) is 11.7 Å². The topological polar surface area (TPSA) is 93.8 Å². The zero-order valence-corrected chi connectivity index (χ0v) is 11.7. The lowest BCUT2D eigenvalue weighted by Gasteiger charge is -2.10. The van der Waals surface area contributed by atoms with Crippen LogP contribution >= 0.6 is 0 Å². The highest BCUT2D eigenvalue weighted by atomic mass is 16.5. The van der Waals surface area contributed by atoms with Crippen LogP contribution in [0.15, 0.2) is 47.1 Å². The van der Waals surface area contributed by atoms with Gasteiger partial charge in [-0.3, -0.25) is 9.59 Å². The molecule has 3 N–H and O–H groups in total. The molecule has 1 aromatic carbocycles. The van der Waals surface area contributed by atoms with Gasteiger partial charge in [0.25, 0.3) is 0 Å². The third-order valence-electron chi connectivity index (χ3n) is 2.73. The van der Waals surface area contributed by atoms with Crippen LogP contribution in [0.2, 0.25) is 0 Å². The minimum atomic E-state index is -0.311. The Balaban J connectivity index is 2.37. The average Bonchev–Trinajstić information content (AvgIpc) is 2.44. The number of benzene rings is 1. The van der Waals surface area contributed by atoms with Crippen molar-refractivity contribution in [3.8, 4) is 5.75 Å². The molecule has 6 nitrogen and oxygen atoms in total. The van der Waals surface area contributed by atoms with E-state index < -0.39 is 0 Å². The van der Waals surface area contributed by atoms with Gasteiger partial charge in [0.15, 0.2) is 0 Å². The Hall–Kier alpha value is -2.89. The summed E-state index contributed by atoms with van der Waals surface area (Å²) in [5.74, 6) is -0.0509. The lowest BCUT2D eigenvalue weighted by molar-refractivity contribution is -0.120. The summed E-state index contributed by atoms with van der Waals surface area (Å²) in [7, 11) is 1.53. The fraction of sp³-hybridized carbons (Fsp3) is 0.133. The van der Waals surface area contributed by atoms with Gasteiger partial charge >= 0.3 is 0 Å². The number of carbonyl (C=O) groups is 2. The van der Waals surface area contributed by atoms with Crippen molar-refractivity contribution in [2.75, 3.05) is 12.8 Å². The number of nitrogen functional groups attached to an aromatic ring is 1. The van der Waals surface area contributed by atoms with E-state index >= 15 is 0 Å². The summed E-state index contributed by atoms with van der Waals surface area (Å²) in [5.41, 5.74) is 7.56. The molecule has 0 aromatic heterocycles. The Morgan fingerprint density at radius 3 is 2.76 bits per heavy atom. The highest BCUT2D eigenvalue weighted by Crippen LogP contribution is 2.29. The van der Waals surface area contributed by atoms with Crippen LogP contribution in [0.3, 0.4) is 0 Å². The van der Waals surface area contributed by atoms with Crippen molar-refractivity contribution in [3.63, 3.8) is 0 Å². The lowest BCUT2D eigenvalue weighted by atomic mass is 10.1. The van der Waals surface area contributed by atoms with E-state index in [4.69, 9.17) is 10.5 Å². The van der Waals surface area contributed by atoms with Gasteiger partial charge in [0, 0.05) is 18.7 Å². The van der Waals surface area contributed by atoms with Gasteiger partial charge in [-0.25, -0.2) is 4.99 Å². The number of hydrogen-bond donors (Lipinski definition) is 2. The van der Waals surface area contributed by atoms with Gasteiger partial charge in [-0.1, -0.05) is 0 Å². The molecular formula is C15H15N3O3. The highest BCUT2D eigenvalue weighted by Gasteiger charge is 2.13. The fourth-order valence-electron chi connectivity index (χ4n) is 1.80. The van der Waals surface area contributed by atoms with Gasteiger partial charge in [-0.15, -0.1) is 0 Å². The summed E-state index contributed by atoms with van der Waals surface area (Å²) in [6, 6.07) is 5.09. The first-order chi connectivity index (χ1) is 9.99. The minimum absolute atomic E-state index is 0.193. The first-order valence-electron chi connectivity index (χ1n) is 6.23. The second-order valence-electron chi connectivity index (χ2n) is 4.40. The molecule has 0 bridgehead atoms. The van der Waals surface area contributed by atoms with Gasteiger partial charge in [0.05, 0.1) is 18.5 Å². The SMILES string of the molecule is COc1cc(N)ccc1N=C1C=CC(=O)C(NC(C)=O)=C1. The van der Waals surface area contributed by atoms with Gasteiger partial charge in [0.1, 0.15) is 11.4 Å². The average molecular weight is 285 g/mol. The van der Waals surface area contributed by atoms with E-state index in [1.807, 2.05) is 0 Å². The summed E-state index contributed by atoms with van der Waals surface area (Å²) in [6.45, 7) is 1.34. The fourth-order valence-corrected chi connectivity index (χ4v) is 1.80. The molecule has 0 saturated carbocycles. The molecule has 1 aromatic rings. The second kappa shape index (κ2) is 6.04. The quantitative estimate of drug-likeness (QED) is 0.650. The summed E-state index contributed by atoms with van der Waals surface area (Å²) >= 11 is 0. The number of anilines is 1. The van der Waals surface area contributed by atoms with Gasteiger partial charge < -0.3 is 15.8 Å². The van der Waals surface area contributed by atoms with Gasteiger partial charge in [-0.2, -0.15) is 0 Å². The Morgan fingerprint density at radius 1 is 1.33 bits per heavy atom. The van der Waals surface area contributed by atoms with Crippen molar-refractivity contribution < 1.29 is 14.3 Å². The third-order valence-corrected chi connectivity index (χ3v) is 2.73. The molecule has 0 fully saturated rings. The van der Waals surface area contributed by atoms with Crippen molar-refractivity contribution in [2.24, 2.45) is 4.99 Å². The van der Waals surface area contributed by atoms with Crippen LogP contribution in [0.1, 0.15) is 6.92 Å². The standard InChI is InChI=1S/C15H15N3O3/c1-9(19)17-13-8-11(4-6-14(13)20)18-12-5-3-10(16)7-15(12)21-2/h3-8H,16H2,1-2H3,(H,17,19). The Morgan fingerprint density at radius 2 is 2.10 bits per heavy atom. The van der Waals surface area contributed by atoms with Crippen molar-refractivity contribution >= 4 is 28.8 Å². The maximum Gasteiger partial charge on any atom is 0.221 e. The van der Waals surface area contributed by atoms with Crippen molar-refractivity contribution in [2.45, 2.75) is 6.92 Å². The van der Waals surface area contributed by atoms with Crippen molar-refractivity contribution in [3.05, 3.63) is 42.1 Å². The van der Waals surface area contributed by atoms with Crippen LogP contribution in [-0.4, -0.2) is 24.5 Å². The van der Waals surface area contributed by atoms with E-state index in [1.165, 1.54) is 26.2 Å². The molecule has 0 atom stereocenters. The number of hydrogen-bond acceptors (Lipinski definition) is 5. The number of rotatable bonds is 3. The van der Waals surface area contributed by atoms with E-state index in [0.717, 1.165) is 0 Å². The van der Waals surface area contributed by atoms with E-state index in [0.29, 0.717) is 22.8 Å². The maximum atomic E-state index is 11.6. The summed E-state index contributed by atoms with van der Waals surface area (Å²) < 4.78 is 5.21. The Kier molecular flexibility index (Phi) is 4.18. The molecule has 0 heterocycles. The van der Waals surface area contributed by atoms with E-state index in [9.17, 15) is 9.59 Å². The number of allylic oxidation sites excluding steroid dienone is 3. The third kappa shape index (κ3) is 3.56. The monoisotopic (exact) mass is 285 g/mol. The summed E-state index contributed by atoms with van der Waals surface area (Å²) in [5, 5.41) is 2.47. The number of methoxy groups -OCH3 is 1. The number of aliphatic imine (C=N–C) groups is 1. The molecule has 21 heavy (non-hydrogen) atoms. The van der Waals surface area contributed by atoms with Gasteiger partial charge in [-0.05, 0) is 30.4 Å². The largest absolute Gasteiger partial charge is 0.494 e. The molecule has 1 amide bonds. The molecule has 0 aliphatic heterocycles. The van der Waals surface area contributed by atoms with Crippen LogP contribution < -0.4 is 15.8 Å². The van der Waals surface area contributed by atoms with Crippen LogP contribution in [0.25, 0.3) is 0 Å². The van der Waals surface area contributed by atoms with E-state index in [2.05, 4.69) is 10.3 Å². The van der Waals surface area contributed by atoms with E-state index in [1.54, 1.807) is 24.3 Å². The van der Waals surface area contributed by atoms with Crippen molar-refractivity contribution in [1.82, 2.24) is 5.32 Å². The predicted molar refractivity (Wildman–Crippen MR) is 80.5 cm³/mol. The lowest BCUT2D eigenvalue weighted by Crippen LogP contribution is -2.26. The Bertz CT molecular complexity index is 687. The first kappa shape index (κ1) is 14.5. The maximum absolute atomic E-state index is 11.6. The second-order valence-corrected chi connectivity index (χ2v) is 4.40. The number of nitrogens with zero attached hydrogens (tertiary/aromatic N) is 1. The van der Waals surface area contributed by atoms with Crippen LogP contribution in [0.5, 0.6) is 5.75 Å². The zero-order chi connectivity index (χ0) is 15.4. The molecule has 0 radical (unpaired) electrons. The van der Waals surface area contributed by atoms with Crippen LogP contribution in [-0.2, 0) is 9.59 Å². The Labute approximate surface area is 122 Å². The first-order valence-corrected chi connectivity index (χ1v) is 6.23. The number of amides is 1. The highest BCUT2D eigenvalue weighted by molar-refractivity contribution is 6.20. The molecule has 2 rings (SSSR count). The smallest absolute Gasteiger partial charge is 0.221 e. The number of ether oxygens (including phenoxy) is 1. The number of ketones is 1. The normalized spacial score (nSPS) is 15.8. The molecule has 0 saturated heterocycles. The number of nitrogens with one attached hydrogen (secondary N) is 1. The van der Waals surface area contributed by atoms with Crippen LogP contribution in [0.4, 0.5) is 11.4 Å². The molecule has 0 unspecified atom stereocenters. The molecular weight excluding hydrogens is 270 g/mol. The van der Waals surface area contributed by atoms with E-state index in [-0.39, 0.29) is 17.4 Å². The van der Waals surface area contributed by atoms with Crippen molar-refractivity contribution in [1.29, 1.82) is 0 Å². The summed E-state index contributed by atoms with van der Waals surface area (Å²) in [4.78, 5) is 27.1. The molecule has 108 valence electrons. The molecule has 1 aliphatic rings. The summed E-state index contributed by atoms with van der Waals surface area (Å²) in [6.07, 6.45) is 4.44. The number of nitrogens with two attached hydrogens (primary N) is 1. The molecule has 0 spiro atoms. The minimum Gasteiger partial charge on any atom is -0.494 e.